The van der Waals surface area contributed by atoms with Crippen molar-refractivity contribution < 1.29 is 19.1 Å². The van der Waals surface area contributed by atoms with Gasteiger partial charge in [0.05, 0.1) is 11.8 Å². The molecule has 0 fully saturated rings. The van der Waals surface area contributed by atoms with E-state index in [2.05, 4.69) is 65.8 Å². The van der Waals surface area contributed by atoms with E-state index >= 15 is 0 Å². The van der Waals surface area contributed by atoms with Gasteiger partial charge in [0, 0.05) is 13.1 Å². The first kappa shape index (κ1) is 33.9. The van der Waals surface area contributed by atoms with Crippen molar-refractivity contribution in [1.82, 2.24) is 4.90 Å². The maximum absolute atomic E-state index is 12.2. The first-order valence-electron chi connectivity index (χ1n) is 13.6. The van der Waals surface area contributed by atoms with Gasteiger partial charge in [0.2, 0.25) is 0 Å². The minimum Gasteiger partial charge on any atom is -0.464 e. The molecule has 0 radical (unpaired) electrons. The molecule has 0 aromatic heterocycles. The Morgan fingerprint density at radius 3 is 1.28 bits per heavy atom. The van der Waals surface area contributed by atoms with Crippen LogP contribution in [-0.4, -0.2) is 50.2 Å². The first-order chi connectivity index (χ1) is 17.0. The summed E-state index contributed by atoms with van der Waals surface area (Å²) in [5.74, 6) is 1.39. The van der Waals surface area contributed by atoms with Gasteiger partial charge in [0.25, 0.3) is 0 Å². The molecule has 0 aliphatic carbocycles. The van der Waals surface area contributed by atoms with Gasteiger partial charge in [0.1, 0.15) is 13.2 Å². The lowest BCUT2D eigenvalue weighted by Crippen LogP contribution is -2.29. The minimum absolute atomic E-state index is 0.222. The summed E-state index contributed by atoms with van der Waals surface area (Å²) in [6, 6.07) is 0. The second-order valence-corrected chi connectivity index (χ2v) is 10.6. The standard InChI is InChI=1S/C31H53NO4/c1-24(2)26(5)16-12-10-14-18-28(7)30(33)35-22-20-32(9)21-23-36-31(34)29(8)19-15-11-13-17-27(6)25(3)4/h12-19,24-29H,10-11,20-23H2,1-9H3/b16-12-,17-13-,18-14-,19-15-. The number of ether oxygens (including phenoxy) is 2. The molecular formula is C31H53NO4. The van der Waals surface area contributed by atoms with Gasteiger partial charge >= 0.3 is 11.9 Å². The SMILES string of the molecule is CC(/C=C\C/C=C\C(C)C(C)C)C(=O)OCCN(C)CCOC(=O)C(C)/C=C\C/C=C\C(C)C(C)C. The molecule has 4 atom stereocenters. The Balaban J connectivity index is 4.06. The van der Waals surface area contributed by atoms with E-state index in [0.717, 1.165) is 12.8 Å². The predicted octanol–water partition coefficient (Wildman–Crippen LogP) is 6.87. The topological polar surface area (TPSA) is 55.8 Å². The Kier molecular flexibility index (Phi) is 18.8. The summed E-state index contributed by atoms with van der Waals surface area (Å²) in [7, 11) is 1.92. The molecule has 0 bridgehead atoms. The van der Waals surface area contributed by atoms with Crippen LogP contribution in [0.15, 0.2) is 48.6 Å². The number of hydrogen-bond acceptors (Lipinski definition) is 5. The smallest absolute Gasteiger partial charge is 0.312 e. The zero-order valence-corrected chi connectivity index (χ0v) is 24.4. The highest BCUT2D eigenvalue weighted by Crippen LogP contribution is 2.12. The molecule has 0 rings (SSSR count). The van der Waals surface area contributed by atoms with Gasteiger partial charge in [-0.3, -0.25) is 14.5 Å². The summed E-state index contributed by atoms with van der Waals surface area (Å²) in [5, 5.41) is 0. The summed E-state index contributed by atoms with van der Waals surface area (Å²) in [6.45, 7) is 18.8. The number of esters is 2. The van der Waals surface area contributed by atoms with Gasteiger partial charge in [-0.2, -0.15) is 0 Å². The average Bonchev–Trinajstić information content (AvgIpc) is 2.82. The van der Waals surface area contributed by atoms with E-state index in [9.17, 15) is 9.59 Å². The Bertz CT molecular complexity index is 660. The lowest BCUT2D eigenvalue weighted by Gasteiger charge is -2.17. The molecule has 5 heteroatoms. The largest absolute Gasteiger partial charge is 0.464 e. The number of allylic oxidation sites excluding steroid dienone is 6. The van der Waals surface area contributed by atoms with Gasteiger partial charge < -0.3 is 9.47 Å². The Hall–Kier alpha value is -2.14. The van der Waals surface area contributed by atoms with Crippen LogP contribution in [0.2, 0.25) is 0 Å². The Morgan fingerprint density at radius 1 is 0.611 bits per heavy atom. The number of hydrogen-bond donors (Lipinski definition) is 0. The highest BCUT2D eigenvalue weighted by molar-refractivity contribution is 5.74. The molecule has 0 heterocycles. The van der Waals surface area contributed by atoms with Crippen molar-refractivity contribution in [2.45, 2.75) is 68.2 Å². The normalized spacial score (nSPS) is 16.1. The number of likely N-dealkylation sites (N-methyl/N-ethyl adjacent to an activating group) is 1. The van der Waals surface area contributed by atoms with E-state index in [-0.39, 0.29) is 23.8 Å². The molecule has 0 aromatic rings. The molecule has 0 amide bonds. The van der Waals surface area contributed by atoms with E-state index in [1.165, 1.54) is 0 Å². The summed E-state index contributed by atoms with van der Waals surface area (Å²) in [4.78, 5) is 26.3. The molecule has 0 saturated heterocycles. The molecule has 36 heavy (non-hydrogen) atoms. The summed E-state index contributed by atoms with van der Waals surface area (Å²) in [6.07, 6.45) is 18.2. The van der Waals surface area contributed by atoms with Crippen LogP contribution < -0.4 is 0 Å². The summed E-state index contributed by atoms with van der Waals surface area (Å²) < 4.78 is 10.8. The molecule has 206 valence electrons. The van der Waals surface area contributed by atoms with Crippen LogP contribution in [0.5, 0.6) is 0 Å². The molecule has 0 aliphatic rings. The highest BCUT2D eigenvalue weighted by atomic mass is 16.5. The quantitative estimate of drug-likeness (QED) is 0.151. The molecule has 0 saturated carbocycles. The molecule has 0 aliphatic heterocycles. The van der Waals surface area contributed by atoms with E-state index in [0.29, 0.717) is 50.0 Å². The van der Waals surface area contributed by atoms with Crippen LogP contribution in [-0.2, 0) is 19.1 Å². The molecule has 0 N–H and O–H groups in total. The van der Waals surface area contributed by atoms with Crippen LogP contribution in [0, 0.1) is 35.5 Å². The van der Waals surface area contributed by atoms with Gasteiger partial charge in [-0.25, -0.2) is 0 Å². The first-order valence-corrected chi connectivity index (χ1v) is 13.6. The summed E-state index contributed by atoms with van der Waals surface area (Å²) in [5.41, 5.74) is 0. The third-order valence-electron chi connectivity index (χ3n) is 6.55. The monoisotopic (exact) mass is 503 g/mol. The van der Waals surface area contributed by atoms with E-state index in [1.807, 2.05) is 50.1 Å². The summed E-state index contributed by atoms with van der Waals surface area (Å²) >= 11 is 0. The minimum atomic E-state index is -0.268. The number of nitrogens with zero attached hydrogens (tertiary/aromatic N) is 1. The predicted molar refractivity (Wildman–Crippen MR) is 152 cm³/mol. The molecular weight excluding hydrogens is 450 g/mol. The van der Waals surface area contributed by atoms with Gasteiger partial charge in [0.15, 0.2) is 0 Å². The van der Waals surface area contributed by atoms with Crippen molar-refractivity contribution in [3.8, 4) is 0 Å². The molecule has 0 aromatic carbocycles. The van der Waals surface area contributed by atoms with E-state index < -0.39 is 0 Å². The van der Waals surface area contributed by atoms with Crippen LogP contribution in [0.1, 0.15) is 68.2 Å². The van der Waals surface area contributed by atoms with Crippen LogP contribution in [0.4, 0.5) is 0 Å². The van der Waals surface area contributed by atoms with Gasteiger partial charge in [-0.05, 0) is 57.4 Å². The second kappa shape index (κ2) is 20.0. The fourth-order valence-electron chi connectivity index (χ4n) is 2.89. The Labute approximate surface area is 221 Å². The van der Waals surface area contributed by atoms with Crippen molar-refractivity contribution in [1.29, 1.82) is 0 Å². The third kappa shape index (κ3) is 17.3. The van der Waals surface area contributed by atoms with Crippen molar-refractivity contribution in [2.24, 2.45) is 35.5 Å². The number of rotatable bonds is 18. The average molecular weight is 504 g/mol. The van der Waals surface area contributed by atoms with Crippen LogP contribution in [0.25, 0.3) is 0 Å². The fourth-order valence-corrected chi connectivity index (χ4v) is 2.89. The lowest BCUT2D eigenvalue weighted by molar-refractivity contribution is -0.146. The van der Waals surface area contributed by atoms with Crippen LogP contribution in [0.3, 0.4) is 0 Å². The zero-order chi connectivity index (χ0) is 27.5. The number of carbonyl (C=O) groups is 2. The van der Waals surface area contributed by atoms with E-state index in [4.69, 9.17) is 9.47 Å². The highest BCUT2D eigenvalue weighted by Gasteiger charge is 2.13. The van der Waals surface area contributed by atoms with Gasteiger partial charge in [-0.15, -0.1) is 0 Å². The van der Waals surface area contributed by atoms with Crippen molar-refractivity contribution in [3.05, 3.63) is 48.6 Å². The molecule has 5 nitrogen and oxygen atoms in total. The fraction of sp³-hybridized carbons (Fsp3) is 0.677. The third-order valence-corrected chi connectivity index (χ3v) is 6.55. The maximum atomic E-state index is 12.2. The van der Waals surface area contributed by atoms with Gasteiger partial charge in [-0.1, -0.05) is 90.2 Å². The van der Waals surface area contributed by atoms with E-state index in [1.54, 1.807) is 0 Å². The number of carbonyl (C=O) groups excluding carboxylic acids is 2. The van der Waals surface area contributed by atoms with Crippen molar-refractivity contribution >= 4 is 11.9 Å². The second-order valence-electron chi connectivity index (χ2n) is 10.6. The van der Waals surface area contributed by atoms with Crippen LogP contribution >= 0.6 is 0 Å². The van der Waals surface area contributed by atoms with Crippen molar-refractivity contribution in [2.75, 3.05) is 33.4 Å². The molecule has 4 unspecified atom stereocenters. The molecule has 0 spiro atoms. The lowest BCUT2D eigenvalue weighted by atomic mass is 9.97. The zero-order valence-electron chi connectivity index (χ0n) is 24.4. The Morgan fingerprint density at radius 2 is 0.944 bits per heavy atom. The maximum Gasteiger partial charge on any atom is 0.312 e. The van der Waals surface area contributed by atoms with Crippen molar-refractivity contribution in [3.63, 3.8) is 0 Å².